The van der Waals surface area contributed by atoms with Crippen molar-refractivity contribution in [3.63, 3.8) is 0 Å². The van der Waals surface area contributed by atoms with Gasteiger partial charge in [-0.1, -0.05) is 34.1 Å². The molecule has 0 aliphatic carbocycles. The number of nitrogens with zero attached hydrogens (tertiary/aromatic N) is 1. The van der Waals surface area contributed by atoms with Crippen LogP contribution in [0.3, 0.4) is 0 Å². The van der Waals surface area contributed by atoms with Gasteiger partial charge in [-0.3, -0.25) is 10.8 Å². The third-order valence-electron chi connectivity index (χ3n) is 3.19. The van der Waals surface area contributed by atoms with Crippen molar-refractivity contribution in [3.05, 3.63) is 62.9 Å². The monoisotopic (exact) mass is 319 g/mol. The minimum absolute atomic E-state index is 0.0436. The number of nitrogens with one attached hydrogen (secondary N) is 1. The van der Waals surface area contributed by atoms with Crippen LogP contribution in [0.1, 0.15) is 33.9 Å². The van der Waals surface area contributed by atoms with E-state index in [1.54, 1.807) is 0 Å². The molecule has 2 aromatic rings. The highest BCUT2D eigenvalue weighted by molar-refractivity contribution is 9.10. The molecule has 0 fully saturated rings. The Kier molecular flexibility index (Phi) is 4.34. The third kappa shape index (κ3) is 3.03. The summed E-state index contributed by atoms with van der Waals surface area (Å²) >= 11 is 3.59. The zero-order chi connectivity index (χ0) is 14.0. The molecule has 1 atom stereocenters. The molecule has 4 heteroatoms. The van der Waals surface area contributed by atoms with Crippen LogP contribution in [0, 0.1) is 20.8 Å². The van der Waals surface area contributed by atoms with Crippen LogP contribution in [-0.4, -0.2) is 4.98 Å². The van der Waals surface area contributed by atoms with E-state index in [2.05, 4.69) is 58.4 Å². The average molecular weight is 320 g/mol. The highest BCUT2D eigenvalue weighted by atomic mass is 79.9. The Labute approximate surface area is 122 Å². The summed E-state index contributed by atoms with van der Waals surface area (Å²) in [6.07, 6.45) is 3.69. The summed E-state index contributed by atoms with van der Waals surface area (Å²) < 4.78 is 1.15. The van der Waals surface area contributed by atoms with Gasteiger partial charge in [0.2, 0.25) is 0 Å². The second kappa shape index (κ2) is 5.82. The number of halogens is 1. The molecule has 1 unspecified atom stereocenters. The van der Waals surface area contributed by atoms with E-state index in [-0.39, 0.29) is 6.04 Å². The molecule has 19 heavy (non-hydrogen) atoms. The van der Waals surface area contributed by atoms with Crippen molar-refractivity contribution in [2.45, 2.75) is 26.8 Å². The van der Waals surface area contributed by atoms with Gasteiger partial charge in [0.1, 0.15) is 0 Å². The van der Waals surface area contributed by atoms with Crippen molar-refractivity contribution < 1.29 is 0 Å². The lowest BCUT2D eigenvalue weighted by Crippen LogP contribution is -2.29. The predicted octanol–water partition coefficient (Wildman–Crippen LogP) is 3.32. The molecule has 0 amide bonds. The number of aromatic nitrogens is 1. The Bertz CT molecular complexity index is 573. The summed E-state index contributed by atoms with van der Waals surface area (Å²) in [5.74, 6) is 5.74. The largest absolute Gasteiger partial charge is 0.271 e. The van der Waals surface area contributed by atoms with Gasteiger partial charge in [0.05, 0.1) is 6.04 Å². The Morgan fingerprint density at radius 3 is 2.21 bits per heavy atom. The summed E-state index contributed by atoms with van der Waals surface area (Å²) in [6, 6.07) is 6.34. The van der Waals surface area contributed by atoms with Crippen molar-refractivity contribution in [3.8, 4) is 0 Å². The van der Waals surface area contributed by atoms with E-state index in [4.69, 9.17) is 5.84 Å². The number of aryl methyl sites for hydroxylation is 3. The molecule has 0 aliphatic heterocycles. The van der Waals surface area contributed by atoms with Crippen molar-refractivity contribution >= 4 is 15.9 Å². The minimum Gasteiger partial charge on any atom is -0.271 e. The first-order valence-electron chi connectivity index (χ1n) is 6.17. The highest BCUT2D eigenvalue weighted by Crippen LogP contribution is 2.28. The Morgan fingerprint density at radius 1 is 1.05 bits per heavy atom. The Balaban J connectivity index is 2.48. The fourth-order valence-corrected chi connectivity index (χ4v) is 2.50. The number of hydrazine groups is 1. The number of hydrogen-bond donors (Lipinski definition) is 2. The van der Waals surface area contributed by atoms with Crippen LogP contribution in [0.15, 0.2) is 35.1 Å². The van der Waals surface area contributed by atoms with Crippen molar-refractivity contribution in [2.75, 3.05) is 0 Å². The predicted molar refractivity (Wildman–Crippen MR) is 81.8 cm³/mol. The zero-order valence-corrected chi connectivity index (χ0v) is 13.0. The van der Waals surface area contributed by atoms with E-state index in [0.29, 0.717) is 0 Å². The molecule has 0 spiro atoms. The first kappa shape index (κ1) is 14.2. The van der Waals surface area contributed by atoms with Gasteiger partial charge in [-0.05, 0) is 48.6 Å². The number of hydrogen-bond acceptors (Lipinski definition) is 3. The molecular formula is C15H18BrN3. The topological polar surface area (TPSA) is 50.9 Å². The maximum atomic E-state index is 5.74. The van der Waals surface area contributed by atoms with E-state index in [9.17, 15) is 0 Å². The number of rotatable bonds is 3. The van der Waals surface area contributed by atoms with Crippen molar-refractivity contribution in [2.24, 2.45) is 5.84 Å². The summed E-state index contributed by atoms with van der Waals surface area (Å²) in [4.78, 5) is 4.24. The normalized spacial score (nSPS) is 12.5. The fourth-order valence-electron chi connectivity index (χ4n) is 2.27. The lowest BCUT2D eigenvalue weighted by molar-refractivity contribution is 0.633. The molecular weight excluding hydrogens is 302 g/mol. The van der Waals surface area contributed by atoms with E-state index in [1.807, 2.05) is 19.3 Å². The molecule has 2 rings (SSSR count). The minimum atomic E-state index is -0.0436. The molecule has 0 radical (unpaired) electrons. The molecule has 1 heterocycles. The van der Waals surface area contributed by atoms with Gasteiger partial charge in [-0.2, -0.15) is 0 Å². The number of pyridine rings is 1. The summed E-state index contributed by atoms with van der Waals surface area (Å²) in [5.41, 5.74) is 8.64. The summed E-state index contributed by atoms with van der Waals surface area (Å²) in [7, 11) is 0. The SMILES string of the molecule is Cc1cncc(C(NN)c2cc(C)c(Br)c(C)c2)c1. The van der Waals surface area contributed by atoms with E-state index in [0.717, 1.165) is 21.2 Å². The first-order chi connectivity index (χ1) is 9.02. The van der Waals surface area contributed by atoms with Crippen LogP contribution in [0.25, 0.3) is 0 Å². The van der Waals surface area contributed by atoms with Crippen molar-refractivity contribution in [1.29, 1.82) is 0 Å². The smallest absolute Gasteiger partial charge is 0.0725 e. The van der Waals surface area contributed by atoms with Gasteiger partial charge in [-0.25, -0.2) is 5.43 Å². The number of benzene rings is 1. The standard InChI is InChI=1S/C15H18BrN3/c1-9-4-13(8-18-7-9)15(19-17)12-5-10(2)14(16)11(3)6-12/h4-8,15,19H,17H2,1-3H3. The third-order valence-corrected chi connectivity index (χ3v) is 4.44. The second-order valence-electron chi connectivity index (χ2n) is 4.86. The molecule has 0 saturated heterocycles. The molecule has 0 saturated carbocycles. The van der Waals surface area contributed by atoms with E-state index >= 15 is 0 Å². The molecule has 0 aliphatic rings. The summed E-state index contributed by atoms with van der Waals surface area (Å²) in [5, 5.41) is 0. The van der Waals surface area contributed by atoms with Gasteiger partial charge in [-0.15, -0.1) is 0 Å². The van der Waals surface area contributed by atoms with Gasteiger partial charge >= 0.3 is 0 Å². The van der Waals surface area contributed by atoms with Gasteiger partial charge in [0.25, 0.3) is 0 Å². The van der Waals surface area contributed by atoms with Crippen LogP contribution in [-0.2, 0) is 0 Å². The van der Waals surface area contributed by atoms with Gasteiger partial charge in [0, 0.05) is 16.9 Å². The maximum Gasteiger partial charge on any atom is 0.0725 e. The first-order valence-corrected chi connectivity index (χ1v) is 6.96. The molecule has 100 valence electrons. The van der Waals surface area contributed by atoms with Crippen LogP contribution in [0.4, 0.5) is 0 Å². The molecule has 1 aromatic carbocycles. The molecule has 3 nitrogen and oxygen atoms in total. The summed E-state index contributed by atoms with van der Waals surface area (Å²) in [6.45, 7) is 6.20. The Hall–Kier alpha value is -1.23. The molecule has 1 aromatic heterocycles. The molecule has 3 N–H and O–H groups in total. The quantitative estimate of drug-likeness (QED) is 0.674. The fraction of sp³-hybridized carbons (Fsp3) is 0.267. The maximum absolute atomic E-state index is 5.74. The van der Waals surface area contributed by atoms with Crippen LogP contribution in [0.2, 0.25) is 0 Å². The van der Waals surface area contributed by atoms with Crippen LogP contribution < -0.4 is 11.3 Å². The van der Waals surface area contributed by atoms with E-state index < -0.39 is 0 Å². The van der Waals surface area contributed by atoms with Crippen LogP contribution in [0.5, 0.6) is 0 Å². The Morgan fingerprint density at radius 2 is 1.68 bits per heavy atom. The van der Waals surface area contributed by atoms with Crippen LogP contribution >= 0.6 is 15.9 Å². The van der Waals surface area contributed by atoms with Crippen molar-refractivity contribution in [1.82, 2.24) is 10.4 Å². The van der Waals surface area contributed by atoms with Gasteiger partial charge < -0.3 is 0 Å². The average Bonchev–Trinajstić information content (AvgIpc) is 2.37. The highest BCUT2D eigenvalue weighted by Gasteiger charge is 2.15. The lowest BCUT2D eigenvalue weighted by atomic mass is 9.96. The van der Waals surface area contributed by atoms with E-state index in [1.165, 1.54) is 11.1 Å². The number of nitrogens with two attached hydrogens (primary N) is 1. The molecule has 0 bridgehead atoms. The van der Waals surface area contributed by atoms with Gasteiger partial charge in [0.15, 0.2) is 0 Å². The second-order valence-corrected chi connectivity index (χ2v) is 5.66. The lowest BCUT2D eigenvalue weighted by Gasteiger charge is -2.19. The zero-order valence-electron chi connectivity index (χ0n) is 11.4.